The van der Waals surface area contributed by atoms with Crippen molar-refractivity contribution >= 4 is 23.7 Å². The predicted molar refractivity (Wildman–Crippen MR) is 194 cm³/mol. The number of carbonyl (C=O) groups is 4. The van der Waals surface area contributed by atoms with Crippen LogP contribution in [-0.2, 0) is 23.9 Å². The molecule has 0 saturated heterocycles. The Bertz CT molecular complexity index is 896. The van der Waals surface area contributed by atoms with Gasteiger partial charge in [-0.15, -0.1) is 0 Å². The number of hydrogen-bond donors (Lipinski definition) is 3. The van der Waals surface area contributed by atoms with E-state index in [1.807, 2.05) is 0 Å². The van der Waals surface area contributed by atoms with Gasteiger partial charge in [0.1, 0.15) is 0 Å². The van der Waals surface area contributed by atoms with E-state index in [1.54, 1.807) is 0 Å². The molecule has 0 aromatic rings. The van der Waals surface area contributed by atoms with Crippen molar-refractivity contribution in [1.82, 2.24) is 0 Å². The third-order valence-corrected chi connectivity index (χ3v) is 8.88. The molecule has 0 aliphatic heterocycles. The summed E-state index contributed by atoms with van der Waals surface area (Å²) in [5.41, 5.74) is -3.33. The van der Waals surface area contributed by atoms with Gasteiger partial charge in [0.15, 0.2) is 11.9 Å². The Morgan fingerprint density at radius 1 is 0.542 bits per heavy atom. The number of hydrogen-bond acceptors (Lipinski definition) is 7. The molecule has 2 atom stereocenters. The summed E-state index contributed by atoms with van der Waals surface area (Å²) in [6, 6.07) is 0. The summed E-state index contributed by atoms with van der Waals surface area (Å²) in [7, 11) is 0. The van der Waals surface area contributed by atoms with Gasteiger partial charge in [-0.1, -0.05) is 141 Å². The second-order valence-electron chi connectivity index (χ2n) is 13.4. The quantitative estimate of drug-likeness (QED) is 0.0265. The minimum absolute atomic E-state index is 0.106. The zero-order valence-electron chi connectivity index (χ0n) is 30.6. The van der Waals surface area contributed by atoms with Crippen LogP contribution in [0.4, 0.5) is 0 Å². The lowest BCUT2D eigenvalue weighted by molar-refractivity contribution is -0.192. The number of allylic oxidation sites excluding steroid dienone is 4. The highest BCUT2D eigenvalue weighted by Gasteiger charge is 2.55. The van der Waals surface area contributed by atoms with Crippen LogP contribution in [0.25, 0.3) is 0 Å². The van der Waals surface area contributed by atoms with Crippen LogP contribution in [0.1, 0.15) is 194 Å². The fraction of sp³-hybridized carbons (Fsp3) is 0.800. The highest BCUT2D eigenvalue weighted by molar-refractivity contribution is 6.12. The van der Waals surface area contributed by atoms with Crippen LogP contribution >= 0.6 is 0 Å². The van der Waals surface area contributed by atoms with Gasteiger partial charge in [0, 0.05) is 12.8 Å². The van der Waals surface area contributed by atoms with Gasteiger partial charge in [0.25, 0.3) is 5.60 Å². The van der Waals surface area contributed by atoms with E-state index >= 15 is 0 Å². The van der Waals surface area contributed by atoms with Gasteiger partial charge < -0.3 is 20.1 Å². The van der Waals surface area contributed by atoms with Crippen molar-refractivity contribution in [2.45, 2.75) is 205 Å². The van der Waals surface area contributed by atoms with Crippen molar-refractivity contribution in [2.24, 2.45) is 0 Å². The number of carboxylic acid groups (broad SMARTS) is 1. The normalized spacial score (nSPS) is 13.6. The number of Topliss-reactive ketones (excluding diaryl/α,β-unsaturated/α-hetero) is 1. The topological polar surface area (TPSA) is 138 Å². The minimum atomic E-state index is -3.33. The first-order chi connectivity index (χ1) is 23.2. The molecule has 0 heterocycles. The number of rotatable bonds is 34. The van der Waals surface area contributed by atoms with Crippen molar-refractivity contribution in [3.8, 4) is 0 Å². The third-order valence-electron chi connectivity index (χ3n) is 8.88. The van der Waals surface area contributed by atoms with Crippen LogP contribution in [0.5, 0.6) is 0 Å². The second-order valence-corrected chi connectivity index (χ2v) is 13.4. The number of unbranched alkanes of at least 4 members (excludes halogenated alkanes) is 22. The Kier molecular flexibility index (Phi) is 30.4. The smallest absolute Gasteiger partial charge is 0.357 e. The summed E-state index contributed by atoms with van der Waals surface area (Å²) in [5.74, 6) is -5.79. The Morgan fingerprint density at radius 3 is 1.25 bits per heavy atom. The van der Waals surface area contributed by atoms with Gasteiger partial charge in [-0.05, 0) is 64.2 Å². The molecule has 0 rings (SSSR count). The van der Waals surface area contributed by atoms with E-state index in [0.717, 1.165) is 70.6 Å². The molecule has 0 aromatic carbocycles. The molecule has 0 saturated carbocycles. The lowest BCUT2D eigenvalue weighted by atomic mass is 9.88. The molecule has 278 valence electrons. The third kappa shape index (κ3) is 23.9. The molecule has 0 aliphatic carbocycles. The molecule has 2 unspecified atom stereocenters. The van der Waals surface area contributed by atoms with Crippen LogP contribution in [0, 0.1) is 0 Å². The molecule has 48 heavy (non-hydrogen) atoms. The van der Waals surface area contributed by atoms with Gasteiger partial charge in [0.05, 0.1) is 0 Å². The van der Waals surface area contributed by atoms with Crippen molar-refractivity contribution in [1.29, 1.82) is 0 Å². The van der Waals surface area contributed by atoms with E-state index in [1.165, 1.54) is 77.0 Å². The van der Waals surface area contributed by atoms with E-state index in [4.69, 9.17) is 0 Å². The maximum Gasteiger partial charge on any atom is 0.357 e. The van der Waals surface area contributed by atoms with Crippen LogP contribution in [0.3, 0.4) is 0 Å². The summed E-state index contributed by atoms with van der Waals surface area (Å²) in [4.78, 5) is 49.1. The maximum absolute atomic E-state index is 12.8. The number of ketones is 1. The van der Waals surface area contributed by atoms with Crippen molar-refractivity contribution in [3.05, 3.63) is 24.3 Å². The van der Waals surface area contributed by atoms with E-state index in [2.05, 4.69) is 42.9 Å². The lowest BCUT2D eigenvalue weighted by Gasteiger charge is -2.26. The molecular weight excluding hydrogens is 608 g/mol. The van der Waals surface area contributed by atoms with Crippen molar-refractivity contribution in [3.63, 3.8) is 0 Å². The van der Waals surface area contributed by atoms with Crippen molar-refractivity contribution < 1.29 is 39.2 Å². The Hall–Kier alpha value is -2.32. The lowest BCUT2D eigenvalue weighted by Crippen LogP contribution is -2.59. The monoisotopic (exact) mass is 679 g/mol. The SMILES string of the molecule is CCCCCCCCC=CCCCCCCCC(=O)OC(=O)C(O)(C(=O)CCCCCCCC=CCCCCCCCC)C(O)C(=O)O. The first-order valence-electron chi connectivity index (χ1n) is 19.4. The summed E-state index contributed by atoms with van der Waals surface area (Å²) >= 11 is 0. The molecule has 0 amide bonds. The van der Waals surface area contributed by atoms with Crippen LogP contribution < -0.4 is 0 Å². The molecule has 0 radical (unpaired) electrons. The molecule has 8 nitrogen and oxygen atoms in total. The number of carbonyl (C=O) groups excluding carboxylic acids is 3. The Labute approximate surface area is 292 Å². The number of aliphatic carboxylic acids is 1. The van der Waals surface area contributed by atoms with Gasteiger partial charge in [-0.2, -0.15) is 0 Å². The summed E-state index contributed by atoms with van der Waals surface area (Å²) in [5, 5.41) is 30.0. The summed E-state index contributed by atoms with van der Waals surface area (Å²) in [6.07, 6.45) is 33.7. The van der Waals surface area contributed by atoms with Gasteiger partial charge in [-0.25, -0.2) is 9.59 Å². The first kappa shape index (κ1) is 45.7. The van der Waals surface area contributed by atoms with Gasteiger partial charge in [0.2, 0.25) is 0 Å². The zero-order valence-corrected chi connectivity index (χ0v) is 30.6. The van der Waals surface area contributed by atoms with Gasteiger partial charge in [-0.3, -0.25) is 9.59 Å². The molecule has 0 bridgehead atoms. The average Bonchev–Trinajstić information content (AvgIpc) is 3.07. The van der Waals surface area contributed by atoms with Gasteiger partial charge >= 0.3 is 17.9 Å². The fourth-order valence-corrected chi connectivity index (χ4v) is 5.68. The van der Waals surface area contributed by atoms with E-state index < -0.39 is 35.4 Å². The Morgan fingerprint density at radius 2 is 0.875 bits per heavy atom. The zero-order chi connectivity index (χ0) is 35.7. The van der Waals surface area contributed by atoms with E-state index in [9.17, 15) is 34.5 Å². The number of ether oxygens (including phenoxy) is 1. The number of aliphatic hydroxyl groups is 2. The highest BCUT2D eigenvalue weighted by atomic mass is 16.6. The minimum Gasteiger partial charge on any atom is -0.479 e. The molecule has 0 fully saturated rings. The van der Waals surface area contributed by atoms with Crippen molar-refractivity contribution in [2.75, 3.05) is 0 Å². The Balaban J connectivity index is 4.23. The van der Waals surface area contributed by atoms with Crippen LogP contribution in [0.15, 0.2) is 24.3 Å². The highest BCUT2D eigenvalue weighted by Crippen LogP contribution is 2.21. The molecule has 3 N–H and O–H groups in total. The fourth-order valence-electron chi connectivity index (χ4n) is 5.68. The average molecular weight is 679 g/mol. The second kappa shape index (κ2) is 31.9. The molecule has 0 aliphatic rings. The molecular formula is C40H70O8. The molecule has 0 aromatic heterocycles. The summed E-state index contributed by atoms with van der Waals surface area (Å²) in [6.45, 7) is 4.45. The maximum atomic E-state index is 12.8. The number of carboxylic acids is 1. The summed E-state index contributed by atoms with van der Waals surface area (Å²) < 4.78 is 4.67. The first-order valence-corrected chi connectivity index (χ1v) is 19.4. The number of esters is 2. The molecule has 0 spiro atoms. The molecule has 8 heteroatoms. The largest absolute Gasteiger partial charge is 0.479 e. The van der Waals surface area contributed by atoms with Crippen LogP contribution in [-0.4, -0.2) is 50.7 Å². The van der Waals surface area contributed by atoms with E-state index in [0.29, 0.717) is 19.3 Å². The predicted octanol–water partition coefficient (Wildman–Crippen LogP) is 9.88. The van der Waals surface area contributed by atoms with Crippen LogP contribution in [0.2, 0.25) is 0 Å². The number of aliphatic hydroxyl groups excluding tert-OH is 1. The van der Waals surface area contributed by atoms with E-state index in [-0.39, 0.29) is 12.8 Å². The standard InChI is InChI=1S/C40H70O8/c1-3-5-7-9-11-13-15-17-19-21-23-25-27-29-31-33-35(41)40(47,37(43)38(44)45)39(46)48-36(42)34-32-30-28-26-24-22-20-18-16-14-12-10-8-6-4-2/h17-20,37,43,47H,3-16,21-34H2,1-2H3,(H,44,45).